The number of aliphatic hydroxyl groups excluding tert-OH is 1. The minimum absolute atomic E-state index is 0.216. The summed E-state index contributed by atoms with van der Waals surface area (Å²) in [5.41, 5.74) is 0.759. The molecule has 1 aromatic carbocycles. The van der Waals surface area contributed by atoms with Crippen LogP contribution in [0.4, 0.5) is 0 Å². The predicted octanol–water partition coefficient (Wildman–Crippen LogP) is 3.39. The zero-order valence-corrected chi connectivity index (χ0v) is 12.3. The first-order chi connectivity index (χ1) is 10.2. The number of benzene rings is 1. The second kappa shape index (κ2) is 7.74. The maximum atomic E-state index is 11.6. The van der Waals surface area contributed by atoms with Gasteiger partial charge in [0.15, 0.2) is 0 Å². The van der Waals surface area contributed by atoms with Crippen molar-refractivity contribution in [2.24, 2.45) is 0 Å². The van der Waals surface area contributed by atoms with Crippen molar-refractivity contribution >= 4 is 16.7 Å². The molecule has 2 rings (SSSR count). The SMILES string of the molecule is CCCCOC(=O)CCC(O)c1cncc2ccccc12. The normalized spacial score (nSPS) is 12.3. The van der Waals surface area contributed by atoms with Gasteiger partial charge in [0.25, 0.3) is 0 Å². The maximum absolute atomic E-state index is 11.6. The number of aliphatic hydroxyl groups is 1. The minimum Gasteiger partial charge on any atom is -0.466 e. The smallest absolute Gasteiger partial charge is 0.305 e. The van der Waals surface area contributed by atoms with Crippen LogP contribution in [0.25, 0.3) is 10.8 Å². The number of hydrogen-bond acceptors (Lipinski definition) is 4. The molecule has 1 atom stereocenters. The molecule has 0 amide bonds. The van der Waals surface area contributed by atoms with E-state index in [1.54, 1.807) is 12.4 Å². The monoisotopic (exact) mass is 287 g/mol. The standard InChI is InChI=1S/C17H21NO3/c1-2-3-10-21-17(20)9-8-16(19)15-12-18-11-13-6-4-5-7-14(13)15/h4-7,11-12,16,19H,2-3,8-10H2,1H3. The van der Waals surface area contributed by atoms with Gasteiger partial charge in [-0.05, 0) is 18.2 Å². The quantitative estimate of drug-likeness (QED) is 0.626. The maximum Gasteiger partial charge on any atom is 0.305 e. The summed E-state index contributed by atoms with van der Waals surface area (Å²) in [6.45, 7) is 2.51. The number of hydrogen-bond donors (Lipinski definition) is 1. The fourth-order valence-corrected chi connectivity index (χ4v) is 2.22. The number of fused-ring (bicyclic) bond motifs is 1. The second-order valence-corrected chi connectivity index (χ2v) is 5.08. The van der Waals surface area contributed by atoms with E-state index < -0.39 is 6.10 Å². The zero-order chi connectivity index (χ0) is 15.1. The largest absolute Gasteiger partial charge is 0.466 e. The average molecular weight is 287 g/mol. The zero-order valence-electron chi connectivity index (χ0n) is 12.3. The fraction of sp³-hybridized carbons (Fsp3) is 0.412. The van der Waals surface area contributed by atoms with Gasteiger partial charge in [0.2, 0.25) is 0 Å². The molecule has 0 aliphatic carbocycles. The number of esters is 1. The molecule has 1 aromatic heterocycles. The van der Waals surface area contributed by atoms with E-state index in [4.69, 9.17) is 4.74 Å². The third-order valence-electron chi connectivity index (χ3n) is 3.44. The molecule has 0 aliphatic rings. The summed E-state index contributed by atoms with van der Waals surface area (Å²) in [6, 6.07) is 7.77. The van der Waals surface area contributed by atoms with Gasteiger partial charge in [-0.1, -0.05) is 37.6 Å². The summed E-state index contributed by atoms with van der Waals surface area (Å²) < 4.78 is 5.09. The Bertz CT molecular complexity index is 592. The Balaban J connectivity index is 1.96. The lowest BCUT2D eigenvalue weighted by atomic mass is 10.0. The lowest BCUT2D eigenvalue weighted by Crippen LogP contribution is -2.08. The van der Waals surface area contributed by atoms with Gasteiger partial charge in [0, 0.05) is 29.8 Å². The van der Waals surface area contributed by atoms with Crippen molar-refractivity contribution in [2.45, 2.75) is 38.7 Å². The molecule has 0 spiro atoms. The average Bonchev–Trinajstić information content (AvgIpc) is 2.52. The van der Waals surface area contributed by atoms with Gasteiger partial charge in [0.05, 0.1) is 12.7 Å². The summed E-state index contributed by atoms with van der Waals surface area (Å²) in [5, 5.41) is 12.2. The molecular weight excluding hydrogens is 266 g/mol. The number of rotatable bonds is 7. The highest BCUT2D eigenvalue weighted by Crippen LogP contribution is 2.26. The van der Waals surface area contributed by atoms with Gasteiger partial charge >= 0.3 is 5.97 Å². The van der Waals surface area contributed by atoms with Crippen LogP contribution < -0.4 is 0 Å². The Morgan fingerprint density at radius 1 is 1.33 bits per heavy atom. The number of carbonyl (C=O) groups is 1. The Hall–Kier alpha value is -1.94. The second-order valence-electron chi connectivity index (χ2n) is 5.08. The van der Waals surface area contributed by atoms with Crippen LogP contribution in [0.1, 0.15) is 44.3 Å². The number of aromatic nitrogens is 1. The van der Waals surface area contributed by atoms with Gasteiger partial charge in [-0.3, -0.25) is 9.78 Å². The number of ether oxygens (including phenoxy) is 1. The lowest BCUT2D eigenvalue weighted by Gasteiger charge is -2.13. The van der Waals surface area contributed by atoms with E-state index in [1.807, 2.05) is 31.2 Å². The molecule has 4 nitrogen and oxygen atoms in total. The molecule has 0 bridgehead atoms. The van der Waals surface area contributed by atoms with Crippen LogP contribution >= 0.6 is 0 Å². The minimum atomic E-state index is -0.706. The third-order valence-corrected chi connectivity index (χ3v) is 3.44. The van der Waals surface area contributed by atoms with Crippen molar-refractivity contribution in [1.82, 2.24) is 4.98 Å². The van der Waals surface area contributed by atoms with E-state index in [1.165, 1.54) is 0 Å². The molecule has 1 unspecified atom stereocenters. The Morgan fingerprint density at radius 3 is 2.95 bits per heavy atom. The number of pyridine rings is 1. The summed E-state index contributed by atoms with van der Waals surface area (Å²) in [6.07, 6.45) is 5.16. The molecule has 21 heavy (non-hydrogen) atoms. The van der Waals surface area contributed by atoms with E-state index in [-0.39, 0.29) is 12.4 Å². The van der Waals surface area contributed by atoms with Crippen LogP contribution in [0.5, 0.6) is 0 Å². The van der Waals surface area contributed by atoms with Gasteiger partial charge < -0.3 is 9.84 Å². The van der Waals surface area contributed by atoms with E-state index in [9.17, 15) is 9.90 Å². The number of unbranched alkanes of at least 4 members (excludes halogenated alkanes) is 1. The molecule has 2 aromatic rings. The molecule has 0 saturated carbocycles. The Labute approximate surface area is 124 Å². The Morgan fingerprint density at radius 2 is 2.14 bits per heavy atom. The van der Waals surface area contributed by atoms with Gasteiger partial charge in [0.1, 0.15) is 0 Å². The van der Waals surface area contributed by atoms with Crippen LogP contribution in [0.2, 0.25) is 0 Å². The van der Waals surface area contributed by atoms with Crippen molar-refractivity contribution < 1.29 is 14.6 Å². The molecule has 4 heteroatoms. The molecule has 0 radical (unpaired) electrons. The summed E-state index contributed by atoms with van der Waals surface area (Å²) >= 11 is 0. The van der Waals surface area contributed by atoms with Crippen molar-refractivity contribution in [3.8, 4) is 0 Å². The van der Waals surface area contributed by atoms with Crippen LogP contribution in [0.3, 0.4) is 0 Å². The summed E-state index contributed by atoms with van der Waals surface area (Å²) in [4.78, 5) is 15.7. The molecule has 112 valence electrons. The highest BCUT2D eigenvalue weighted by atomic mass is 16.5. The number of carbonyl (C=O) groups excluding carboxylic acids is 1. The first-order valence-electron chi connectivity index (χ1n) is 7.38. The number of nitrogens with zero attached hydrogens (tertiary/aromatic N) is 1. The van der Waals surface area contributed by atoms with Crippen LogP contribution in [-0.2, 0) is 9.53 Å². The van der Waals surface area contributed by atoms with Crippen molar-refractivity contribution in [2.75, 3.05) is 6.61 Å². The summed E-state index contributed by atoms with van der Waals surface area (Å²) in [5.74, 6) is -0.254. The van der Waals surface area contributed by atoms with Crippen molar-refractivity contribution in [1.29, 1.82) is 0 Å². The van der Waals surface area contributed by atoms with Gasteiger partial charge in [-0.2, -0.15) is 0 Å². The van der Waals surface area contributed by atoms with E-state index in [0.29, 0.717) is 13.0 Å². The highest BCUT2D eigenvalue weighted by Gasteiger charge is 2.14. The Kier molecular flexibility index (Phi) is 5.69. The molecule has 0 saturated heterocycles. The van der Waals surface area contributed by atoms with Crippen LogP contribution in [-0.4, -0.2) is 22.7 Å². The molecule has 1 N–H and O–H groups in total. The van der Waals surface area contributed by atoms with Crippen molar-refractivity contribution in [3.63, 3.8) is 0 Å². The first-order valence-corrected chi connectivity index (χ1v) is 7.38. The predicted molar refractivity (Wildman–Crippen MR) is 81.8 cm³/mol. The van der Waals surface area contributed by atoms with Gasteiger partial charge in [-0.15, -0.1) is 0 Å². The molecule has 1 heterocycles. The summed E-state index contributed by atoms with van der Waals surface area (Å²) in [7, 11) is 0. The first kappa shape index (κ1) is 15.4. The molecule has 0 aliphatic heterocycles. The highest BCUT2D eigenvalue weighted by molar-refractivity contribution is 5.85. The van der Waals surface area contributed by atoms with Gasteiger partial charge in [-0.25, -0.2) is 0 Å². The van der Waals surface area contributed by atoms with E-state index >= 15 is 0 Å². The van der Waals surface area contributed by atoms with E-state index in [0.717, 1.165) is 29.2 Å². The fourth-order valence-electron chi connectivity index (χ4n) is 2.22. The third kappa shape index (κ3) is 4.26. The lowest BCUT2D eigenvalue weighted by molar-refractivity contribution is -0.144. The molecule has 0 fully saturated rings. The van der Waals surface area contributed by atoms with Crippen LogP contribution in [0, 0.1) is 0 Å². The van der Waals surface area contributed by atoms with Crippen molar-refractivity contribution in [3.05, 3.63) is 42.2 Å². The van der Waals surface area contributed by atoms with E-state index in [2.05, 4.69) is 4.98 Å². The topological polar surface area (TPSA) is 59.4 Å². The molecular formula is C17H21NO3. The van der Waals surface area contributed by atoms with Crippen LogP contribution in [0.15, 0.2) is 36.7 Å².